The third-order valence-electron chi connectivity index (χ3n) is 9.93. The molecule has 2 aromatic carbocycles. The summed E-state index contributed by atoms with van der Waals surface area (Å²) in [7, 11) is 0. The molecule has 0 saturated heterocycles. The van der Waals surface area contributed by atoms with Crippen molar-refractivity contribution in [2.24, 2.45) is 22.7 Å². The molecule has 4 aliphatic carbocycles. The zero-order chi connectivity index (χ0) is 26.5. The summed E-state index contributed by atoms with van der Waals surface area (Å²) in [6.45, 7) is 4.21. The number of tetrazole rings is 1. The van der Waals surface area contributed by atoms with Crippen molar-refractivity contribution in [3.8, 4) is 11.4 Å². The van der Waals surface area contributed by atoms with E-state index in [2.05, 4.69) is 84.8 Å². The Morgan fingerprint density at radius 3 is 2.56 bits per heavy atom. The van der Waals surface area contributed by atoms with E-state index in [1.807, 2.05) is 12.1 Å². The molecule has 0 radical (unpaired) electrons. The Balaban J connectivity index is 1.25. The van der Waals surface area contributed by atoms with Gasteiger partial charge in [-0.2, -0.15) is 5.21 Å². The number of nitrogens with zero attached hydrogens (tertiary/aromatic N) is 6. The number of hydrogen-bond donors (Lipinski definition) is 1. The van der Waals surface area contributed by atoms with Gasteiger partial charge < -0.3 is 4.90 Å². The van der Waals surface area contributed by atoms with E-state index in [0.29, 0.717) is 10.8 Å². The maximum absolute atomic E-state index is 5.24. The number of hydrogen-bond acceptors (Lipinski definition) is 6. The second-order valence-corrected chi connectivity index (χ2v) is 13.4. The van der Waals surface area contributed by atoms with E-state index in [-0.39, 0.29) is 0 Å². The maximum atomic E-state index is 5.24. The van der Waals surface area contributed by atoms with Gasteiger partial charge in [-0.05, 0) is 91.9 Å². The number of aromatic nitrogens is 6. The Morgan fingerprint density at radius 1 is 0.974 bits per heavy atom. The van der Waals surface area contributed by atoms with Gasteiger partial charge in [0, 0.05) is 34.9 Å². The third kappa shape index (κ3) is 4.85. The van der Waals surface area contributed by atoms with E-state index in [1.54, 1.807) is 0 Å². The van der Waals surface area contributed by atoms with Crippen LogP contribution in [0.1, 0.15) is 64.1 Å². The highest BCUT2D eigenvalue weighted by Gasteiger charge is 2.56. The van der Waals surface area contributed by atoms with Gasteiger partial charge in [-0.3, -0.25) is 0 Å². The zero-order valence-electron chi connectivity index (χ0n) is 22.6. The van der Waals surface area contributed by atoms with Crippen LogP contribution in [0.15, 0.2) is 53.0 Å². The van der Waals surface area contributed by atoms with Crippen LogP contribution in [0.25, 0.3) is 22.3 Å². The van der Waals surface area contributed by atoms with Crippen molar-refractivity contribution in [3.05, 3.63) is 58.8 Å². The van der Waals surface area contributed by atoms with Crippen molar-refractivity contribution in [1.29, 1.82) is 0 Å². The fourth-order valence-electron chi connectivity index (χ4n) is 8.63. The van der Waals surface area contributed by atoms with Crippen molar-refractivity contribution >= 4 is 32.7 Å². The third-order valence-corrected chi connectivity index (χ3v) is 10.4. The second-order valence-electron chi connectivity index (χ2n) is 12.5. The quantitative estimate of drug-likeness (QED) is 0.227. The summed E-state index contributed by atoms with van der Waals surface area (Å²) in [6, 6.07) is 16.7. The topological polar surface area (TPSA) is 83.5 Å². The Kier molecular flexibility index (Phi) is 6.41. The van der Waals surface area contributed by atoms with E-state index < -0.39 is 0 Å². The molecule has 202 valence electrons. The van der Waals surface area contributed by atoms with E-state index in [1.165, 1.54) is 51.4 Å². The summed E-state index contributed by atoms with van der Waals surface area (Å²) in [6.07, 6.45) is 11.9. The number of nitrogens with one attached hydrogen (secondary N) is 1. The van der Waals surface area contributed by atoms with Crippen LogP contribution in [0.5, 0.6) is 0 Å². The predicted molar refractivity (Wildman–Crippen MR) is 157 cm³/mol. The lowest BCUT2D eigenvalue weighted by Gasteiger charge is -2.62. The highest BCUT2D eigenvalue weighted by Crippen LogP contribution is 2.67. The highest BCUT2D eigenvalue weighted by molar-refractivity contribution is 9.10. The van der Waals surface area contributed by atoms with Crippen LogP contribution in [0.4, 0.5) is 5.82 Å². The lowest BCUT2D eigenvalue weighted by molar-refractivity contribution is -0.114. The molecule has 4 bridgehead atoms. The highest BCUT2D eigenvalue weighted by atomic mass is 79.9. The first-order valence-electron chi connectivity index (χ1n) is 14.5. The van der Waals surface area contributed by atoms with Crippen molar-refractivity contribution in [3.63, 3.8) is 0 Å². The van der Waals surface area contributed by atoms with Gasteiger partial charge in [-0.15, -0.1) is 10.2 Å². The molecule has 2 aromatic heterocycles. The van der Waals surface area contributed by atoms with Crippen LogP contribution in [0, 0.1) is 22.7 Å². The summed E-state index contributed by atoms with van der Waals surface area (Å²) >= 11 is 3.63. The lowest BCUT2D eigenvalue weighted by Crippen LogP contribution is -2.52. The molecule has 4 aliphatic rings. The van der Waals surface area contributed by atoms with Crippen molar-refractivity contribution in [2.45, 2.75) is 64.7 Å². The lowest BCUT2D eigenvalue weighted by atomic mass is 9.43. The van der Waals surface area contributed by atoms with E-state index in [0.717, 1.165) is 69.8 Å². The number of rotatable bonds is 9. The second kappa shape index (κ2) is 9.95. The first-order valence-corrected chi connectivity index (χ1v) is 15.3. The van der Waals surface area contributed by atoms with Gasteiger partial charge in [0.05, 0.1) is 5.52 Å². The number of benzene rings is 2. The Hall–Kier alpha value is -2.87. The molecule has 0 spiro atoms. The molecular formula is C31H36BrN7. The minimum atomic E-state index is 0.473. The van der Waals surface area contributed by atoms with Crippen LogP contribution in [-0.4, -0.2) is 43.7 Å². The molecule has 8 rings (SSSR count). The molecule has 8 heteroatoms. The standard InChI is InChI=1S/C31H36BrN7/c1-2-30-16-21-14-22(17-30)19-31(18-21,20-30)11-13-39(12-10-27-35-37-38-36-27)29-25-8-3-4-9-26(25)33-28(34-29)23-6-5-7-24(32)15-23/h3-9,15,21-22H,2,10-14,16-20H2,1H3,(H,35,36,37,38). The summed E-state index contributed by atoms with van der Waals surface area (Å²) in [5, 5.41) is 16.0. The number of anilines is 1. The molecule has 4 saturated carbocycles. The van der Waals surface area contributed by atoms with Gasteiger partial charge in [-0.1, -0.05) is 58.8 Å². The van der Waals surface area contributed by atoms with Gasteiger partial charge in [-0.25, -0.2) is 9.97 Å². The van der Waals surface area contributed by atoms with E-state index in [9.17, 15) is 0 Å². The van der Waals surface area contributed by atoms with Crippen molar-refractivity contribution in [1.82, 2.24) is 30.6 Å². The average Bonchev–Trinajstić information content (AvgIpc) is 3.46. The fourth-order valence-corrected chi connectivity index (χ4v) is 9.03. The first-order chi connectivity index (χ1) is 19.0. The number of H-pyrrole nitrogens is 1. The van der Waals surface area contributed by atoms with Crippen molar-refractivity contribution in [2.75, 3.05) is 18.0 Å². The van der Waals surface area contributed by atoms with Gasteiger partial charge >= 0.3 is 0 Å². The van der Waals surface area contributed by atoms with Crippen LogP contribution in [0.2, 0.25) is 0 Å². The van der Waals surface area contributed by atoms with Gasteiger partial charge in [0.25, 0.3) is 0 Å². The predicted octanol–water partition coefficient (Wildman–Crippen LogP) is 7.01. The van der Waals surface area contributed by atoms with Crippen molar-refractivity contribution < 1.29 is 0 Å². The molecule has 0 aliphatic heterocycles. The van der Waals surface area contributed by atoms with E-state index in [4.69, 9.17) is 9.97 Å². The van der Waals surface area contributed by atoms with Gasteiger partial charge in [0.2, 0.25) is 0 Å². The zero-order valence-corrected chi connectivity index (χ0v) is 24.2. The fraction of sp³-hybridized carbons (Fsp3) is 0.516. The summed E-state index contributed by atoms with van der Waals surface area (Å²) < 4.78 is 1.03. The molecule has 39 heavy (non-hydrogen) atoms. The Morgan fingerprint density at radius 2 is 1.79 bits per heavy atom. The normalized spacial score (nSPS) is 27.3. The van der Waals surface area contributed by atoms with Crippen LogP contribution in [0.3, 0.4) is 0 Å². The average molecular weight is 587 g/mol. The molecule has 4 fully saturated rings. The molecule has 1 N–H and O–H groups in total. The van der Waals surface area contributed by atoms with Crippen LogP contribution in [-0.2, 0) is 6.42 Å². The summed E-state index contributed by atoms with van der Waals surface area (Å²) in [5.74, 6) is 4.37. The molecule has 0 amide bonds. The maximum Gasteiger partial charge on any atom is 0.176 e. The summed E-state index contributed by atoms with van der Waals surface area (Å²) in [5.41, 5.74) is 3.05. The monoisotopic (exact) mass is 585 g/mol. The molecular weight excluding hydrogens is 550 g/mol. The molecule has 2 atom stereocenters. The minimum Gasteiger partial charge on any atom is -0.356 e. The number of aromatic amines is 1. The molecule has 2 unspecified atom stereocenters. The largest absolute Gasteiger partial charge is 0.356 e. The van der Waals surface area contributed by atoms with Crippen LogP contribution >= 0.6 is 15.9 Å². The molecule has 4 aromatic rings. The number of para-hydroxylation sites is 1. The smallest absolute Gasteiger partial charge is 0.176 e. The Bertz CT molecular complexity index is 1460. The van der Waals surface area contributed by atoms with Gasteiger partial charge in [0.15, 0.2) is 11.6 Å². The number of halogens is 1. The van der Waals surface area contributed by atoms with Crippen LogP contribution < -0.4 is 4.90 Å². The molecule has 7 nitrogen and oxygen atoms in total. The Labute approximate surface area is 238 Å². The minimum absolute atomic E-state index is 0.473. The summed E-state index contributed by atoms with van der Waals surface area (Å²) in [4.78, 5) is 12.7. The number of fused-ring (bicyclic) bond motifs is 1. The van der Waals surface area contributed by atoms with E-state index >= 15 is 0 Å². The SMILES string of the molecule is CCC12CC3CC(C1)CC(CCN(CCc1nn[nH]n1)c1nc(-c4cccc(Br)c4)nc4ccccc14)(C3)C2. The van der Waals surface area contributed by atoms with Gasteiger partial charge in [0.1, 0.15) is 5.82 Å². The molecule has 2 heterocycles. The first kappa shape index (κ1) is 25.1.